The summed E-state index contributed by atoms with van der Waals surface area (Å²) in [7, 11) is -7.01. The van der Waals surface area contributed by atoms with Crippen LogP contribution in [0, 0.1) is 0 Å². The van der Waals surface area contributed by atoms with E-state index in [4.69, 9.17) is 0 Å². The minimum absolute atomic E-state index is 0.00199. The van der Waals surface area contributed by atoms with Crippen LogP contribution in [0.3, 0.4) is 0 Å². The van der Waals surface area contributed by atoms with Crippen LogP contribution in [-0.2, 0) is 26.1 Å². The highest BCUT2D eigenvalue weighted by atomic mass is 32.2. The molecule has 0 aliphatic carbocycles. The van der Waals surface area contributed by atoms with Crippen molar-refractivity contribution in [2.45, 2.75) is 22.6 Å². The zero-order chi connectivity index (χ0) is 19.7. The van der Waals surface area contributed by atoms with E-state index in [1.165, 1.54) is 29.4 Å². The number of rotatable bonds is 7. The molecule has 1 aliphatic rings. The summed E-state index contributed by atoms with van der Waals surface area (Å²) in [5, 5.41) is 3.15. The lowest BCUT2D eigenvalue weighted by Crippen LogP contribution is -2.23. The van der Waals surface area contributed by atoms with Crippen LogP contribution in [0.1, 0.15) is 12.0 Å². The average molecular weight is 409 g/mol. The van der Waals surface area contributed by atoms with E-state index in [1.54, 1.807) is 0 Å². The first-order valence-corrected chi connectivity index (χ1v) is 12.6. The number of benzene rings is 2. The molecule has 8 heteroatoms. The minimum atomic E-state index is -3.55. The van der Waals surface area contributed by atoms with Crippen molar-refractivity contribution >= 4 is 31.0 Å². The highest BCUT2D eigenvalue weighted by Crippen LogP contribution is 2.28. The van der Waals surface area contributed by atoms with Gasteiger partial charge in [-0.15, -0.1) is 0 Å². The molecule has 0 atom stereocenters. The molecule has 2 aromatic rings. The standard InChI is InChI=1S/C19H24N2O4S2/c1-26(22,23)16-8-9-17(19(14-16)27(2,24)25)20-11-5-12-21-13-10-15-6-3-4-7-18(15)21/h3-4,6-9,14,20H,5,10-13H2,1-2H3. The van der Waals surface area contributed by atoms with Gasteiger partial charge in [-0.1, -0.05) is 18.2 Å². The topological polar surface area (TPSA) is 83.6 Å². The van der Waals surface area contributed by atoms with E-state index in [1.807, 2.05) is 6.07 Å². The Morgan fingerprint density at radius 1 is 1.00 bits per heavy atom. The average Bonchev–Trinajstić information content (AvgIpc) is 3.00. The van der Waals surface area contributed by atoms with Crippen molar-refractivity contribution in [3.8, 4) is 0 Å². The van der Waals surface area contributed by atoms with E-state index in [0.29, 0.717) is 12.2 Å². The van der Waals surface area contributed by atoms with Crippen LogP contribution in [0.5, 0.6) is 0 Å². The zero-order valence-electron chi connectivity index (χ0n) is 15.5. The van der Waals surface area contributed by atoms with Crippen LogP contribution in [0.15, 0.2) is 52.3 Å². The van der Waals surface area contributed by atoms with Gasteiger partial charge in [0.25, 0.3) is 0 Å². The van der Waals surface area contributed by atoms with Gasteiger partial charge in [-0.2, -0.15) is 0 Å². The van der Waals surface area contributed by atoms with Crippen molar-refractivity contribution < 1.29 is 16.8 Å². The Morgan fingerprint density at radius 2 is 1.74 bits per heavy atom. The molecule has 1 heterocycles. The lowest BCUT2D eigenvalue weighted by Gasteiger charge is -2.20. The van der Waals surface area contributed by atoms with Crippen molar-refractivity contribution in [3.63, 3.8) is 0 Å². The fourth-order valence-corrected chi connectivity index (χ4v) is 4.92. The van der Waals surface area contributed by atoms with Crippen LogP contribution in [0.2, 0.25) is 0 Å². The summed E-state index contributed by atoms with van der Waals surface area (Å²) in [5.41, 5.74) is 3.07. The maximum Gasteiger partial charge on any atom is 0.177 e. The third-order valence-corrected chi connectivity index (χ3v) is 6.93. The third-order valence-electron chi connectivity index (χ3n) is 4.68. The third kappa shape index (κ3) is 4.62. The van der Waals surface area contributed by atoms with Crippen molar-refractivity contribution in [1.29, 1.82) is 0 Å². The molecule has 0 fully saturated rings. The fourth-order valence-electron chi connectivity index (χ4n) is 3.32. The Balaban J connectivity index is 1.66. The van der Waals surface area contributed by atoms with Crippen LogP contribution < -0.4 is 10.2 Å². The molecule has 0 saturated carbocycles. The number of nitrogens with one attached hydrogen (secondary N) is 1. The number of nitrogens with zero attached hydrogens (tertiary/aromatic N) is 1. The molecule has 0 radical (unpaired) electrons. The minimum Gasteiger partial charge on any atom is -0.384 e. The van der Waals surface area contributed by atoms with Gasteiger partial charge in [0.15, 0.2) is 19.7 Å². The lowest BCUT2D eigenvalue weighted by molar-refractivity contribution is 0.600. The smallest absolute Gasteiger partial charge is 0.177 e. The lowest BCUT2D eigenvalue weighted by atomic mass is 10.2. The Kier molecular flexibility index (Phi) is 5.48. The van der Waals surface area contributed by atoms with Crippen molar-refractivity contribution in [3.05, 3.63) is 48.0 Å². The Bertz CT molecular complexity index is 1050. The summed E-state index contributed by atoms with van der Waals surface area (Å²) in [5.74, 6) is 0. The van der Waals surface area contributed by atoms with Crippen LogP contribution in [0.25, 0.3) is 0 Å². The fraction of sp³-hybridized carbons (Fsp3) is 0.368. The molecule has 27 heavy (non-hydrogen) atoms. The first-order valence-electron chi connectivity index (χ1n) is 8.77. The summed E-state index contributed by atoms with van der Waals surface area (Å²) < 4.78 is 47.6. The largest absolute Gasteiger partial charge is 0.384 e. The molecule has 0 bridgehead atoms. The highest BCUT2D eigenvalue weighted by molar-refractivity contribution is 7.91. The Hall–Kier alpha value is -2.06. The van der Waals surface area contributed by atoms with Gasteiger partial charge in [-0.25, -0.2) is 16.8 Å². The van der Waals surface area contributed by atoms with E-state index in [-0.39, 0.29) is 9.79 Å². The molecular formula is C19H24N2O4S2. The monoisotopic (exact) mass is 408 g/mol. The summed E-state index contributed by atoms with van der Waals surface area (Å²) in [6, 6.07) is 12.6. The van der Waals surface area contributed by atoms with Gasteiger partial charge in [-0.05, 0) is 42.7 Å². The molecular weight excluding hydrogens is 384 g/mol. The molecule has 1 aliphatic heterocycles. The maximum absolute atomic E-state index is 12.1. The SMILES string of the molecule is CS(=O)(=O)c1ccc(NCCCN2CCc3ccccc32)c(S(C)(=O)=O)c1. The molecule has 0 aromatic heterocycles. The number of anilines is 2. The second-order valence-electron chi connectivity index (χ2n) is 6.85. The maximum atomic E-state index is 12.1. The predicted octanol–water partition coefficient (Wildman–Crippen LogP) is 2.36. The summed E-state index contributed by atoms with van der Waals surface area (Å²) in [4.78, 5) is 2.35. The van der Waals surface area contributed by atoms with Crippen molar-refractivity contribution in [1.82, 2.24) is 0 Å². The van der Waals surface area contributed by atoms with Crippen molar-refractivity contribution in [2.24, 2.45) is 0 Å². The van der Waals surface area contributed by atoms with E-state index in [9.17, 15) is 16.8 Å². The molecule has 0 saturated heterocycles. The molecule has 3 rings (SSSR count). The second-order valence-corrected chi connectivity index (χ2v) is 10.8. The molecule has 6 nitrogen and oxygen atoms in total. The Labute approximate surface area is 161 Å². The molecule has 2 aromatic carbocycles. The number of hydrogen-bond donors (Lipinski definition) is 1. The van der Waals surface area contributed by atoms with E-state index in [2.05, 4.69) is 28.4 Å². The van der Waals surface area contributed by atoms with E-state index < -0.39 is 19.7 Å². The summed E-state index contributed by atoms with van der Waals surface area (Å²) >= 11 is 0. The van der Waals surface area contributed by atoms with Gasteiger partial charge in [0.2, 0.25) is 0 Å². The normalized spacial score (nSPS) is 14.2. The van der Waals surface area contributed by atoms with Gasteiger partial charge < -0.3 is 10.2 Å². The van der Waals surface area contributed by atoms with Crippen LogP contribution in [-0.4, -0.2) is 49.0 Å². The molecule has 0 spiro atoms. The molecule has 0 unspecified atom stereocenters. The van der Waals surface area contributed by atoms with Gasteiger partial charge >= 0.3 is 0 Å². The molecule has 0 amide bonds. The summed E-state index contributed by atoms with van der Waals surface area (Å²) in [6.45, 7) is 2.47. The zero-order valence-corrected chi connectivity index (χ0v) is 17.1. The quantitative estimate of drug-likeness (QED) is 0.708. The van der Waals surface area contributed by atoms with Gasteiger partial charge in [0, 0.05) is 37.8 Å². The van der Waals surface area contributed by atoms with Gasteiger partial charge in [-0.3, -0.25) is 0 Å². The predicted molar refractivity (Wildman–Crippen MR) is 108 cm³/mol. The number of para-hydroxylation sites is 1. The van der Waals surface area contributed by atoms with E-state index in [0.717, 1.165) is 38.4 Å². The molecule has 1 N–H and O–H groups in total. The van der Waals surface area contributed by atoms with Crippen LogP contribution in [0.4, 0.5) is 11.4 Å². The Morgan fingerprint density at radius 3 is 2.44 bits per heavy atom. The molecule has 146 valence electrons. The second kappa shape index (κ2) is 7.52. The first kappa shape index (κ1) is 19.7. The van der Waals surface area contributed by atoms with E-state index >= 15 is 0 Å². The summed E-state index contributed by atoms with van der Waals surface area (Å²) in [6.07, 6.45) is 4.04. The first-order chi connectivity index (χ1) is 12.7. The van der Waals surface area contributed by atoms with Gasteiger partial charge in [0.1, 0.15) is 0 Å². The number of fused-ring (bicyclic) bond motifs is 1. The van der Waals surface area contributed by atoms with Crippen molar-refractivity contribution in [2.75, 3.05) is 42.4 Å². The number of sulfone groups is 2. The van der Waals surface area contributed by atoms with Gasteiger partial charge in [0.05, 0.1) is 15.5 Å². The van der Waals surface area contributed by atoms with Crippen LogP contribution >= 0.6 is 0 Å². The highest BCUT2D eigenvalue weighted by Gasteiger charge is 2.19. The number of hydrogen-bond acceptors (Lipinski definition) is 6.